The lowest BCUT2D eigenvalue weighted by Gasteiger charge is -2.21. The van der Waals surface area contributed by atoms with Crippen molar-refractivity contribution >= 4 is 39.1 Å². The van der Waals surface area contributed by atoms with Crippen LogP contribution in [0.3, 0.4) is 0 Å². The molecular formula is C12H13Cl2FN2O3S. The van der Waals surface area contributed by atoms with Gasteiger partial charge in [-0.05, 0) is 25.8 Å². The lowest BCUT2D eigenvalue weighted by Crippen LogP contribution is -2.33. The minimum atomic E-state index is -4.35. The summed E-state index contributed by atoms with van der Waals surface area (Å²) in [7, 11) is -4.35. The molecule has 116 valence electrons. The van der Waals surface area contributed by atoms with Gasteiger partial charge in [-0.15, -0.1) is 0 Å². The van der Waals surface area contributed by atoms with Crippen LogP contribution in [0.15, 0.2) is 11.0 Å². The molecule has 1 fully saturated rings. The van der Waals surface area contributed by atoms with Crippen molar-refractivity contribution in [1.29, 1.82) is 0 Å². The smallest absolute Gasteiger partial charge is 0.255 e. The molecule has 2 rings (SSSR count). The van der Waals surface area contributed by atoms with Gasteiger partial charge < -0.3 is 4.90 Å². The van der Waals surface area contributed by atoms with E-state index in [4.69, 9.17) is 28.3 Å². The summed E-state index contributed by atoms with van der Waals surface area (Å²) in [6, 6.07) is 0.919. The second kappa shape index (κ2) is 5.72. The van der Waals surface area contributed by atoms with Crippen LogP contribution in [-0.4, -0.2) is 31.8 Å². The van der Waals surface area contributed by atoms with E-state index in [1.807, 2.05) is 0 Å². The van der Waals surface area contributed by atoms with Gasteiger partial charge in [0.05, 0.1) is 15.6 Å². The van der Waals surface area contributed by atoms with Crippen LogP contribution in [0.25, 0.3) is 0 Å². The van der Waals surface area contributed by atoms with Crippen LogP contribution in [0.4, 0.5) is 4.39 Å². The van der Waals surface area contributed by atoms with Crippen molar-refractivity contribution in [3.63, 3.8) is 0 Å². The Morgan fingerprint density at radius 3 is 2.43 bits per heavy atom. The van der Waals surface area contributed by atoms with E-state index < -0.39 is 36.7 Å². The predicted molar refractivity (Wildman–Crippen MR) is 77.5 cm³/mol. The number of carbonyl (C=O) groups excluding carboxylic acids is 1. The molecule has 1 amide bonds. The van der Waals surface area contributed by atoms with Crippen LogP contribution in [0.5, 0.6) is 0 Å². The van der Waals surface area contributed by atoms with Crippen LogP contribution in [0, 0.1) is 5.82 Å². The van der Waals surface area contributed by atoms with Gasteiger partial charge >= 0.3 is 0 Å². The largest absolute Gasteiger partial charge is 0.336 e. The quantitative estimate of drug-likeness (QED) is 0.843. The molecular weight excluding hydrogens is 342 g/mol. The van der Waals surface area contributed by atoms with Crippen molar-refractivity contribution in [2.24, 2.45) is 5.14 Å². The Labute approximate surface area is 131 Å². The first kappa shape index (κ1) is 16.5. The number of hydrogen-bond donors (Lipinski definition) is 1. The Morgan fingerprint density at radius 2 is 2.00 bits per heavy atom. The van der Waals surface area contributed by atoms with E-state index in [-0.39, 0.29) is 11.6 Å². The minimum Gasteiger partial charge on any atom is -0.336 e. The third-order valence-electron chi connectivity index (χ3n) is 3.22. The van der Waals surface area contributed by atoms with Crippen LogP contribution < -0.4 is 5.14 Å². The standard InChI is InChI=1S/C12H13Cl2FN2O3S/c1-2-17(6-3-4-6)12(18)7-5-8(15)10(14)11(9(7)13)21(16,19)20/h5-6H,2-4H2,1H3,(H2,16,19,20). The molecule has 0 heterocycles. The first-order chi connectivity index (χ1) is 9.68. The maximum Gasteiger partial charge on any atom is 0.255 e. The molecule has 0 atom stereocenters. The number of rotatable bonds is 4. The van der Waals surface area contributed by atoms with E-state index in [1.54, 1.807) is 6.92 Å². The Balaban J connectivity index is 2.60. The molecule has 1 aromatic carbocycles. The van der Waals surface area contributed by atoms with Crippen LogP contribution in [-0.2, 0) is 10.0 Å². The van der Waals surface area contributed by atoms with Gasteiger partial charge in [-0.3, -0.25) is 4.79 Å². The third kappa shape index (κ3) is 3.15. The van der Waals surface area contributed by atoms with E-state index in [0.717, 1.165) is 18.9 Å². The van der Waals surface area contributed by atoms with E-state index in [1.165, 1.54) is 4.90 Å². The second-order valence-corrected chi connectivity index (χ2v) is 6.98. The fourth-order valence-corrected chi connectivity index (χ4v) is 3.87. The number of carbonyl (C=O) groups is 1. The topological polar surface area (TPSA) is 80.5 Å². The Bertz CT molecular complexity index is 705. The maximum absolute atomic E-state index is 13.8. The summed E-state index contributed by atoms with van der Waals surface area (Å²) in [5.41, 5.74) is -0.253. The van der Waals surface area contributed by atoms with E-state index in [2.05, 4.69) is 0 Å². The van der Waals surface area contributed by atoms with Crippen LogP contribution in [0.2, 0.25) is 10.0 Å². The van der Waals surface area contributed by atoms with Gasteiger partial charge in [0.15, 0.2) is 0 Å². The number of amides is 1. The Morgan fingerprint density at radius 1 is 1.43 bits per heavy atom. The van der Waals surface area contributed by atoms with Gasteiger partial charge in [-0.1, -0.05) is 23.2 Å². The lowest BCUT2D eigenvalue weighted by atomic mass is 10.2. The highest BCUT2D eigenvalue weighted by atomic mass is 35.5. The molecule has 9 heteroatoms. The zero-order valence-corrected chi connectivity index (χ0v) is 13.4. The third-order valence-corrected chi connectivity index (χ3v) is 5.18. The number of nitrogens with two attached hydrogens (primary N) is 1. The highest BCUT2D eigenvalue weighted by Gasteiger charge is 2.34. The van der Waals surface area contributed by atoms with E-state index >= 15 is 0 Å². The summed E-state index contributed by atoms with van der Waals surface area (Å²) < 4.78 is 36.8. The minimum absolute atomic E-state index is 0.0789. The summed E-state index contributed by atoms with van der Waals surface area (Å²) in [5, 5.41) is 3.82. The Hall–Kier alpha value is -0.890. The molecule has 1 aliphatic carbocycles. The highest BCUT2D eigenvalue weighted by Crippen LogP contribution is 2.36. The molecule has 0 aliphatic heterocycles. The average Bonchev–Trinajstić information content (AvgIpc) is 3.17. The molecule has 0 radical (unpaired) electrons. The monoisotopic (exact) mass is 354 g/mol. The van der Waals surface area contributed by atoms with Crippen molar-refractivity contribution in [2.75, 3.05) is 6.54 Å². The molecule has 0 spiro atoms. The first-order valence-electron chi connectivity index (χ1n) is 6.19. The predicted octanol–water partition coefficient (Wildman–Crippen LogP) is 2.40. The summed E-state index contributed by atoms with van der Waals surface area (Å²) in [4.78, 5) is 13.2. The van der Waals surface area contributed by atoms with Crippen molar-refractivity contribution in [1.82, 2.24) is 4.90 Å². The summed E-state index contributed by atoms with van der Waals surface area (Å²) >= 11 is 11.5. The summed E-state index contributed by atoms with van der Waals surface area (Å²) in [6.45, 7) is 2.19. The molecule has 2 N–H and O–H groups in total. The normalized spacial score (nSPS) is 15.1. The van der Waals surface area contributed by atoms with Crippen molar-refractivity contribution < 1.29 is 17.6 Å². The van der Waals surface area contributed by atoms with Gasteiger partial charge in [-0.2, -0.15) is 0 Å². The molecule has 0 bridgehead atoms. The molecule has 1 aromatic rings. The molecule has 0 unspecified atom stereocenters. The van der Waals surface area contributed by atoms with Gasteiger partial charge in [-0.25, -0.2) is 17.9 Å². The number of primary sulfonamides is 1. The average molecular weight is 355 g/mol. The molecule has 1 aliphatic rings. The maximum atomic E-state index is 13.8. The van der Waals surface area contributed by atoms with Crippen LogP contribution in [0.1, 0.15) is 30.1 Å². The number of benzene rings is 1. The summed E-state index contributed by atoms with van der Waals surface area (Å²) in [6.07, 6.45) is 1.71. The van der Waals surface area contributed by atoms with Crippen molar-refractivity contribution in [3.05, 3.63) is 27.5 Å². The molecule has 5 nitrogen and oxygen atoms in total. The van der Waals surface area contributed by atoms with E-state index in [9.17, 15) is 17.6 Å². The van der Waals surface area contributed by atoms with Gasteiger partial charge in [0.2, 0.25) is 10.0 Å². The SMILES string of the molecule is CCN(C(=O)c1cc(F)c(Cl)c(S(N)(=O)=O)c1Cl)C1CC1. The molecule has 21 heavy (non-hydrogen) atoms. The number of halogens is 3. The lowest BCUT2D eigenvalue weighted by molar-refractivity contribution is 0.0752. The highest BCUT2D eigenvalue weighted by molar-refractivity contribution is 7.89. The first-order valence-corrected chi connectivity index (χ1v) is 8.50. The number of hydrogen-bond acceptors (Lipinski definition) is 3. The fraction of sp³-hybridized carbons (Fsp3) is 0.417. The van der Waals surface area contributed by atoms with Gasteiger partial charge in [0.25, 0.3) is 5.91 Å². The Kier molecular flexibility index (Phi) is 4.49. The summed E-state index contributed by atoms with van der Waals surface area (Å²) in [5.74, 6) is -1.59. The van der Waals surface area contributed by atoms with E-state index in [0.29, 0.717) is 6.54 Å². The number of nitrogens with zero attached hydrogens (tertiary/aromatic N) is 1. The fourth-order valence-electron chi connectivity index (χ4n) is 2.09. The number of sulfonamides is 1. The second-order valence-electron chi connectivity index (χ2n) is 4.73. The van der Waals surface area contributed by atoms with Gasteiger partial charge in [0, 0.05) is 12.6 Å². The van der Waals surface area contributed by atoms with Crippen molar-refractivity contribution in [2.45, 2.75) is 30.7 Å². The van der Waals surface area contributed by atoms with Crippen LogP contribution >= 0.6 is 23.2 Å². The zero-order chi connectivity index (χ0) is 15.9. The zero-order valence-electron chi connectivity index (χ0n) is 11.1. The molecule has 0 aromatic heterocycles. The molecule has 0 saturated heterocycles. The molecule has 1 saturated carbocycles. The van der Waals surface area contributed by atoms with Gasteiger partial charge in [0.1, 0.15) is 10.7 Å². The van der Waals surface area contributed by atoms with Crippen molar-refractivity contribution in [3.8, 4) is 0 Å².